The van der Waals surface area contributed by atoms with Crippen LogP contribution in [0.15, 0.2) is 30.3 Å². The number of ether oxygens (including phenoxy) is 1. The molecule has 0 aromatic heterocycles. The number of rotatable bonds is 6. The van der Waals surface area contributed by atoms with Crippen molar-refractivity contribution in [3.63, 3.8) is 0 Å². The van der Waals surface area contributed by atoms with Gasteiger partial charge < -0.3 is 10.5 Å². The first-order valence-corrected chi connectivity index (χ1v) is 4.65. The van der Waals surface area contributed by atoms with Crippen LogP contribution in [0.3, 0.4) is 0 Å². The zero-order chi connectivity index (χ0) is 9.36. The number of nitrogens with two attached hydrogens (primary N) is 1. The summed E-state index contributed by atoms with van der Waals surface area (Å²) < 4.78 is 5.50. The van der Waals surface area contributed by atoms with Gasteiger partial charge in [0.05, 0.1) is 6.61 Å². The third kappa shape index (κ3) is 4.53. The predicted octanol–water partition coefficient (Wildman–Crippen LogP) is 2.36. The van der Waals surface area contributed by atoms with Crippen LogP contribution in [0.2, 0.25) is 0 Å². The standard InChI is InChI=1S/C11H16NO/c12-9-5-2-6-10-13-11-7-3-1-4-8-11/h1,3-4,7-9H,2,5-6,10,12H2. The zero-order valence-corrected chi connectivity index (χ0v) is 7.78. The summed E-state index contributed by atoms with van der Waals surface area (Å²) in [6.07, 6.45) is 3.13. The Balaban J connectivity index is 2.07. The molecule has 0 saturated carbocycles. The molecule has 0 atom stereocenters. The third-order valence-corrected chi connectivity index (χ3v) is 1.78. The van der Waals surface area contributed by atoms with Crippen molar-refractivity contribution in [2.45, 2.75) is 19.3 Å². The van der Waals surface area contributed by atoms with Gasteiger partial charge in [-0.25, -0.2) is 0 Å². The molecule has 0 amide bonds. The van der Waals surface area contributed by atoms with E-state index < -0.39 is 0 Å². The first kappa shape index (κ1) is 10.1. The molecule has 0 heterocycles. The Hall–Kier alpha value is -1.02. The summed E-state index contributed by atoms with van der Waals surface area (Å²) in [4.78, 5) is 0. The highest BCUT2D eigenvalue weighted by Gasteiger charge is 1.91. The molecule has 0 spiro atoms. The van der Waals surface area contributed by atoms with Gasteiger partial charge in [-0.1, -0.05) is 18.2 Å². The van der Waals surface area contributed by atoms with Gasteiger partial charge in [0.2, 0.25) is 0 Å². The maximum atomic E-state index is 5.50. The van der Waals surface area contributed by atoms with E-state index in [0.29, 0.717) is 0 Å². The fourth-order valence-corrected chi connectivity index (χ4v) is 1.07. The summed E-state index contributed by atoms with van der Waals surface area (Å²) >= 11 is 0. The molecule has 1 radical (unpaired) electrons. The molecule has 1 aromatic carbocycles. The van der Waals surface area contributed by atoms with Crippen molar-refractivity contribution < 1.29 is 4.74 Å². The Morgan fingerprint density at radius 3 is 2.62 bits per heavy atom. The molecule has 1 aromatic rings. The highest BCUT2D eigenvalue weighted by atomic mass is 16.5. The van der Waals surface area contributed by atoms with Gasteiger partial charge in [0, 0.05) is 6.54 Å². The molecular formula is C11H16NO. The predicted molar refractivity (Wildman–Crippen MR) is 54.3 cm³/mol. The van der Waals surface area contributed by atoms with E-state index in [9.17, 15) is 0 Å². The maximum absolute atomic E-state index is 5.50. The van der Waals surface area contributed by atoms with Crippen LogP contribution in [0.4, 0.5) is 0 Å². The van der Waals surface area contributed by atoms with Gasteiger partial charge in [-0.2, -0.15) is 0 Å². The highest BCUT2D eigenvalue weighted by molar-refractivity contribution is 5.20. The van der Waals surface area contributed by atoms with Crippen molar-refractivity contribution in [1.82, 2.24) is 0 Å². The summed E-state index contributed by atoms with van der Waals surface area (Å²) in [6.45, 7) is 2.47. The quantitative estimate of drug-likeness (QED) is 0.679. The lowest BCUT2D eigenvalue weighted by atomic mass is 10.2. The summed E-state index contributed by atoms with van der Waals surface area (Å²) in [5.74, 6) is 0.944. The summed E-state index contributed by atoms with van der Waals surface area (Å²) in [5, 5.41) is 0. The maximum Gasteiger partial charge on any atom is 0.119 e. The second-order valence-corrected chi connectivity index (χ2v) is 2.89. The van der Waals surface area contributed by atoms with Gasteiger partial charge in [-0.15, -0.1) is 0 Å². The van der Waals surface area contributed by atoms with E-state index >= 15 is 0 Å². The van der Waals surface area contributed by atoms with E-state index in [4.69, 9.17) is 10.5 Å². The van der Waals surface area contributed by atoms with Gasteiger partial charge in [-0.3, -0.25) is 0 Å². The largest absolute Gasteiger partial charge is 0.494 e. The first-order chi connectivity index (χ1) is 6.43. The van der Waals surface area contributed by atoms with Crippen molar-refractivity contribution in [2.75, 3.05) is 6.61 Å². The van der Waals surface area contributed by atoms with Crippen molar-refractivity contribution in [2.24, 2.45) is 5.73 Å². The Bertz CT molecular complexity index is 211. The van der Waals surface area contributed by atoms with Crippen LogP contribution in [0, 0.1) is 6.54 Å². The van der Waals surface area contributed by atoms with E-state index in [1.165, 1.54) is 0 Å². The molecule has 71 valence electrons. The van der Waals surface area contributed by atoms with Crippen LogP contribution in [-0.2, 0) is 0 Å². The summed E-state index contributed by atoms with van der Waals surface area (Å²) in [5.41, 5.74) is 5.26. The molecular weight excluding hydrogens is 162 g/mol. The molecule has 1 rings (SSSR count). The van der Waals surface area contributed by atoms with Crippen molar-refractivity contribution >= 4 is 0 Å². The van der Waals surface area contributed by atoms with Crippen molar-refractivity contribution in [3.8, 4) is 5.75 Å². The van der Waals surface area contributed by atoms with E-state index in [-0.39, 0.29) is 0 Å². The Morgan fingerprint density at radius 1 is 1.15 bits per heavy atom. The molecule has 2 nitrogen and oxygen atoms in total. The van der Waals surface area contributed by atoms with E-state index in [1.807, 2.05) is 30.3 Å². The zero-order valence-electron chi connectivity index (χ0n) is 7.78. The van der Waals surface area contributed by atoms with E-state index in [0.717, 1.165) is 31.6 Å². The van der Waals surface area contributed by atoms with Crippen molar-refractivity contribution in [1.29, 1.82) is 0 Å². The lowest BCUT2D eigenvalue weighted by Crippen LogP contribution is -1.98. The average Bonchev–Trinajstić information content (AvgIpc) is 2.19. The Labute approximate surface area is 79.7 Å². The van der Waals surface area contributed by atoms with E-state index in [2.05, 4.69) is 0 Å². The van der Waals surface area contributed by atoms with Gasteiger partial charge in [-0.05, 0) is 31.4 Å². The second kappa shape index (κ2) is 6.49. The van der Waals surface area contributed by atoms with Crippen LogP contribution in [0.25, 0.3) is 0 Å². The molecule has 0 unspecified atom stereocenters. The van der Waals surface area contributed by atoms with Gasteiger partial charge in [0.1, 0.15) is 5.75 Å². The SMILES string of the molecule is N[CH]CCCCOc1ccccc1. The topological polar surface area (TPSA) is 35.2 Å². The average molecular weight is 178 g/mol. The normalized spacial score (nSPS) is 9.92. The molecule has 2 N–H and O–H groups in total. The van der Waals surface area contributed by atoms with Gasteiger partial charge in [0.25, 0.3) is 0 Å². The second-order valence-electron chi connectivity index (χ2n) is 2.89. The van der Waals surface area contributed by atoms with Gasteiger partial charge >= 0.3 is 0 Å². The summed E-state index contributed by atoms with van der Waals surface area (Å²) in [7, 11) is 0. The number of hydrogen-bond acceptors (Lipinski definition) is 2. The fourth-order valence-electron chi connectivity index (χ4n) is 1.07. The molecule has 13 heavy (non-hydrogen) atoms. The monoisotopic (exact) mass is 178 g/mol. The molecule has 0 aliphatic rings. The van der Waals surface area contributed by atoms with Crippen LogP contribution in [0.5, 0.6) is 5.75 Å². The van der Waals surface area contributed by atoms with Crippen LogP contribution in [-0.4, -0.2) is 6.61 Å². The molecule has 0 fully saturated rings. The number of benzene rings is 1. The van der Waals surface area contributed by atoms with Crippen LogP contribution in [0.1, 0.15) is 19.3 Å². The molecule has 0 aliphatic carbocycles. The fraction of sp³-hybridized carbons (Fsp3) is 0.364. The van der Waals surface area contributed by atoms with Gasteiger partial charge in [0.15, 0.2) is 0 Å². The minimum atomic E-state index is 0.776. The number of hydrogen-bond donors (Lipinski definition) is 1. The summed E-state index contributed by atoms with van der Waals surface area (Å²) in [6, 6.07) is 9.87. The minimum Gasteiger partial charge on any atom is -0.494 e. The van der Waals surface area contributed by atoms with Crippen LogP contribution >= 0.6 is 0 Å². The molecule has 2 heteroatoms. The van der Waals surface area contributed by atoms with Crippen molar-refractivity contribution in [3.05, 3.63) is 36.9 Å². The number of unbranched alkanes of at least 4 members (excludes halogenated alkanes) is 2. The lowest BCUT2D eigenvalue weighted by Gasteiger charge is -2.04. The Morgan fingerprint density at radius 2 is 1.92 bits per heavy atom. The first-order valence-electron chi connectivity index (χ1n) is 4.65. The third-order valence-electron chi connectivity index (χ3n) is 1.78. The van der Waals surface area contributed by atoms with Crippen LogP contribution < -0.4 is 10.5 Å². The minimum absolute atomic E-state index is 0.776. The smallest absolute Gasteiger partial charge is 0.119 e. The highest BCUT2D eigenvalue weighted by Crippen LogP contribution is 2.09. The molecule has 0 saturated heterocycles. The lowest BCUT2D eigenvalue weighted by molar-refractivity contribution is 0.306. The Kier molecular flexibility index (Phi) is 5.02. The number of para-hydroxylation sites is 1. The van der Waals surface area contributed by atoms with E-state index in [1.54, 1.807) is 6.54 Å². The molecule has 0 bridgehead atoms. The molecule has 0 aliphatic heterocycles.